The summed E-state index contributed by atoms with van der Waals surface area (Å²) in [5.41, 5.74) is 2.99. The van der Waals surface area contributed by atoms with Crippen molar-refractivity contribution in [2.75, 3.05) is 16.8 Å². The number of aryl methyl sites for hydroxylation is 1. The fourth-order valence-electron chi connectivity index (χ4n) is 3.46. The molecule has 0 fully saturated rings. The van der Waals surface area contributed by atoms with Gasteiger partial charge in [0.1, 0.15) is 11.4 Å². The van der Waals surface area contributed by atoms with Crippen molar-refractivity contribution in [3.8, 4) is 5.75 Å². The highest BCUT2D eigenvalue weighted by atomic mass is 35.5. The van der Waals surface area contributed by atoms with Crippen LogP contribution in [0.4, 0.5) is 11.4 Å². The first-order chi connectivity index (χ1) is 15.4. The third kappa shape index (κ3) is 4.09. The molecule has 0 spiro atoms. The zero-order valence-electron chi connectivity index (χ0n) is 17.5. The van der Waals surface area contributed by atoms with Crippen LogP contribution < -0.4 is 15.0 Å². The Labute approximate surface area is 196 Å². The summed E-state index contributed by atoms with van der Waals surface area (Å²) >= 11 is 12.5. The summed E-state index contributed by atoms with van der Waals surface area (Å²) in [6.45, 7) is 4.41. The minimum absolute atomic E-state index is 0.140. The molecular weight excluding hydrogens is 447 g/mol. The molecule has 0 aromatic heterocycles. The molecular formula is C25H20Cl2N2O3. The van der Waals surface area contributed by atoms with Gasteiger partial charge in [0, 0.05) is 5.69 Å². The van der Waals surface area contributed by atoms with Gasteiger partial charge in [-0.25, -0.2) is 4.90 Å². The van der Waals surface area contributed by atoms with Crippen LogP contribution in [0.15, 0.2) is 72.4 Å². The fraction of sp³-hybridized carbons (Fsp3) is 0.120. The average molecular weight is 467 g/mol. The van der Waals surface area contributed by atoms with Crippen molar-refractivity contribution in [1.82, 2.24) is 0 Å². The lowest BCUT2D eigenvalue weighted by molar-refractivity contribution is -0.120. The minimum atomic E-state index is -0.511. The summed E-state index contributed by atoms with van der Waals surface area (Å²) in [6.07, 6.45) is 0. The van der Waals surface area contributed by atoms with E-state index in [1.54, 1.807) is 42.5 Å². The fourth-order valence-corrected chi connectivity index (χ4v) is 3.84. The number of rotatable bonds is 6. The van der Waals surface area contributed by atoms with Gasteiger partial charge in [0.25, 0.3) is 11.8 Å². The molecule has 5 nitrogen and oxygen atoms in total. The van der Waals surface area contributed by atoms with Crippen LogP contribution in [0, 0.1) is 6.92 Å². The zero-order valence-corrected chi connectivity index (χ0v) is 19.0. The van der Waals surface area contributed by atoms with Crippen LogP contribution in [-0.2, 0) is 9.59 Å². The Morgan fingerprint density at radius 2 is 1.59 bits per heavy atom. The number of amides is 2. The maximum Gasteiger partial charge on any atom is 0.282 e. The summed E-state index contributed by atoms with van der Waals surface area (Å²) in [7, 11) is 0. The molecule has 3 aromatic carbocycles. The van der Waals surface area contributed by atoms with E-state index in [2.05, 4.69) is 5.32 Å². The van der Waals surface area contributed by atoms with Crippen LogP contribution in [0.5, 0.6) is 5.75 Å². The molecule has 0 unspecified atom stereocenters. The number of carbonyl (C=O) groups excluding carboxylic acids is 2. The van der Waals surface area contributed by atoms with Crippen LogP contribution in [0.3, 0.4) is 0 Å². The molecule has 3 aromatic rings. The largest absolute Gasteiger partial charge is 0.494 e. The van der Waals surface area contributed by atoms with Crippen molar-refractivity contribution in [1.29, 1.82) is 0 Å². The van der Waals surface area contributed by atoms with E-state index in [9.17, 15) is 9.59 Å². The van der Waals surface area contributed by atoms with E-state index in [1.165, 1.54) is 0 Å². The van der Waals surface area contributed by atoms with Crippen LogP contribution in [-0.4, -0.2) is 18.4 Å². The lowest BCUT2D eigenvalue weighted by Crippen LogP contribution is -2.32. The zero-order chi connectivity index (χ0) is 22.8. The summed E-state index contributed by atoms with van der Waals surface area (Å²) in [6, 6.07) is 19.4. The molecule has 0 saturated carbocycles. The quantitative estimate of drug-likeness (QED) is 0.446. The Balaban J connectivity index is 1.79. The van der Waals surface area contributed by atoms with Gasteiger partial charge in [-0.05, 0) is 55.8 Å². The van der Waals surface area contributed by atoms with Crippen LogP contribution in [0.25, 0.3) is 5.57 Å². The number of hydrogen-bond acceptors (Lipinski definition) is 4. The highest BCUT2D eigenvalue weighted by Crippen LogP contribution is 2.39. The van der Waals surface area contributed by atoms with Crippen LogP contribution in [0.2, 0.25) is 10.0 Å². The van der Waals surface area contributed by atoms with Gasteiger partial charge in [0.2, 0.25) is 0 Å². The third-order valence-corrected chi connectivity index (χ3v) is 5.84. The first kappa shape index (κ1) is 21.9. The number of nitrogens with zero attached hydrogens (tertiary/aromatic N) is 1. The summed E-state index contributed by atoms with van der Waals surface area (Å²) in [5, 5.41) is 3.52. The van der Waals surface area contributed by atoms with E-state index in [4.69, 9.17) is 27.9 Å². The lowest BCUT2D eigenvalue weighted by Gasteiger charge is -2.17. The van der Waals surface area contributed by atoms with Gasteiger partial charge in [-0.15, -0.1) is 0 Å². The maximum atomic E-state index is 13.5. The molecule has 162 valence electrons. The van der Waals surface area contributed by atoms with Gasteiger partial charge in [-0.1, -0.05) is 59.1 Å². The normalized spacial score (nSPS) is 13.7. The van der Waals surface area contributed by atoms with E-state index >= 15 is 0 Å². The molecule has 4 rings (SSSR count). The van der Waals surface area contributed by atoms with Crippen molar-refractivity contribution < 1.29 is 14.3 Å². The van der Waals surface area contributed by atoms with Gasteiger partial charge in [0.15, 0.2) is 0 Å². The SMILES string of the molecule is CCOc1ccc(NC2=C(c3ccc(C)cc3)C(=O)N(c3cccc(Cl)c3Cl)C2=O)cc1. The van der Waals surface area contributed by atoms with E-state index in [0.29, 0.717) is 23.6 Å². The summed E-state index contributed by atoms with van der Waals surface area (Å²) in [4.78, 5) is 28.0. The van der Waals surface area contributed by atoms with Gasteiger partial charge in [-0.3, -0.25) is 9.59 Å². The molecule has 0 aliphatic carbocycles. The maximum absolute atomic E-state index is 13.5. The third-order valence-electron chi connectivity index (χ3n) is 5.03. The molecule has 0 saturated heterocycles. The smallest absolute Gasteiger partial charge is 0.282 e. The summed E-state index contributed by atoms with van der Waals surface area (Å²) < 4.78 is 5.47. The second-order valence-electron chi connectivity index (χ2n) is 7.22. The highest BCUT2D eigenvalue weighted by molar-refractivity contribution is 6.50. The molecule has 1 aliphatic rings. The molecule has 2 amide bonds. The summed E-state index contributed by atoms with van der Waals surface area (Å²) in [5.74, 6) is -0.271. The lowest BCUT2D eigenvalue weighted by atomic mass is 10.0. The highest BCUT2D eigenvalue weighted by Gasteiger charge is 2.41. The van der Waals surface area contributed by atoms with E-state index < -0.39 is 11.8 Å². The number of carbonyl (C=O) groups is 2. The number of halogens is 2. The predicted octanol–water partition coefficient (Wildman–Crippen LogP) is 6.10. The standard InChI is InChI=1S/C25H20Cl2N2O3/c1-3-32-18-13-11-17(12-14-18)28-23-21(16-9-7-15(2)8-10-16)24(30)29(25(23)31)20-6-4-5-19(26)22(20)27/h4-14,28H,3H2,1-2H3. The Kier molecular flexibility index (Phi) is 6.21. The minimum Gasteiger partial charge on any atom is -0.494 e. The molecule has 0 atom stereocenters. The molecule has 0 bridgehead atoms. The van der Waals surface area contributed by atoms with Crippen molar-refractivity contribution >= 4 is 52.0 Å². The molecule has 0 radical (unpaired) electrons. The van der Waals surface area contributed by atoms with Gasteiger partial charge in [0.05, 0.1) is 27.9 Å². The Morgan fingerprint density at radius 3 is 2.25 bits per heavy atom. The molecule has 32 heavy (non-hydrogen) atoms. The van der Waals surface area contributed by atoms with Gasteiger partial charge < -0.3 is 10.1 Å². The predicted molar refractivity (Wildman–Crippen MR) is 128 cm³/mol. The number of ether oxygens (including phenoxy) is 1. The number of hydrogen-bond donors (Lipinski definition) is 1. The second kappa shape index (κ2) is 9.07. The number of nitrogens with one attached hydrogen (secondary N) is 1. The van der Waals surface area contributed by atoms with Crippen molar-refractivity contribution in [2.45, 2.75) is 13.8 Å². The Morgan fingerprint density at radius 1 is 0.906 bits per heavy atom. The van der Waals surface area contributed by atoms with Crippen molar-refractivity contribution in [2.24, 2.45) is 0 Å². The molecule has 7 heteroatoms. The van der Waals surface area contributed by atoms with Gasteiger partial charge in [-0.2, -0.15) is 0 Å². The molecule has 1 aliphatic heterocycles. The van der Waals surface area contributed by atoms with E-state index in [1.807, 2.05) is 38.1 Å². The monoisotopic (exact) mass is 466 g/mol. The first-order valence-electron chi connectivity index (χ1n) is 10.0. The van der Waals surface area contributed by atoms with Gasteiger partial charge >= 0.3 is 0 Å². The number of anilines is 2. The van der Waals surface area contributed by atoms with Crippen molar-refractivity contribution in [3.05, 3.63) is 93.6 Å². The van der Waals surface area contributed by atoms with Crippen LogP contribution in [0.1, 0.15) is 18.1 Å². The first-order valence-corrected chi connectivity index (χ1v) is 10.8. The number of benzene rings is 3. The van der Waals surface area contributed by atoms with Crippen molar-refractivity contribution in [3.63, 3.8) is 0 Å². The second-order valence-corrected chi connectivity index (χ2v) is 8.00. The molecule has 1 N–H and O–H groups in total. The topological polar surface area (TPSA) is 58.6 Å². The van der Waals surface area contributed by atoms with E-state index in [0.717, 1.165) is 10.5 Å². The average Bonchev–Trinajstić information content (AvgIpc) is 3.02. The molecule has 1 heterocycles. The Bertz CT molecular complexity index is 1220. The van der Waals surface area contributed by atoms with E-state index in [-0.39, 0.29) is 27.0 Å². The Hall–Kier alpha value is -3.28. The van der Waals surface area contributed by atoms with Crippen LogP contribution >= 0.6 is 23.2 Å². The number of imide groups is 1.